The molecular weight excluding hydrogens is 391 g/mol. The molecule has 124 valence electrons. The predicted octanol–water partition coefficient (Wildman–Crippen LogP) is 4.32. The van der Waals surface area contributed by atoms with E-state index in [1.165, 1.54) is 18.2 Å². The van der Waals surface area contributed by atoms with Crippen LogP contribution in [0.2, 0.25) is 0 Å². The molecule has 0 fully saturated rings. The van der Waals surface area contributed by atoms with Gasteiger partial charge in [-0.25, -0.2) is 4.39 Å². The monoisotopic (exact) mass is 399 g/mol. The van der Waals surface area contributed by atoms with Crippen LogP contribution in [-0.2, 0) is 0 Å². The van der Waals surface area contributed by atoms with E-state index in [0.717, 1.165) is 12.1 Å². The predicted molar refractivity (Wildman–Crippen MR) is 84.8 cm³/mol. The number of amides is 1. The Balaban J connectivity index is 1.94. The number of anilines is 1. The number of alkyl halides is 2. The molecule has 24 heavy (non-hydrogen) atoms. The topological polar surface area (TPSA) is 67.0 Å². The van der Waals surface area contributed by atoms with Crippen LogP contribution in [0.15, 0.2) is 40.9 Å². The molecule has 0 radical (unpaired) electrons. The molecule has 0 spiro atoms. The average Bonchev–Trinajstić information content (AvgIpc) is 2.90. The van der Waals surface area contributed by atoms with Gasteiger partial charge in [0.05, 0.1) is 0 Å². The molecule has 0 unspecified atom stereocenters. The second-order valence-electron chi connectivity index (χ2n) is 4.74. The van der Waals surface area contributed by atoms with Crippen LogP contribution in [0.5, 0.6) is 5.75 Å². The van der Waals surface area contributed by atoms with Crippen LogP contribution in [0.1, 0.15) is 10.4 Å². The largest absolute Gasteiger partial charge is 0.432 e. The number of halogens is 4. The number of nitrogens with zero attached hydrogens (tertiary/aromatic N) is 1. The molecule has 2 aromatic carbocycles. The summed E-state index contributed by atoms with van der Waals surface area (Å²) in [5, 5.41) is 9.39. The van der Waals surface area contributed by atoms with E-state index in [9.17, 15) is 18.0 Å². The summed E-state index contributed by atoms with van der Waals surface area (Å²) in [6.07, 6.45) is 0. The number of rotatable bonds is 4. The van der Waals surface area contributed by atoms with Gasteiger partial charge in [-0.15, -0.1) is 0 Å². The van der Waals surface area contributed by atoms with Gasteiger partial charge in [-0.2, -0.15) is 13.9 Å². The minimum atomic E-state index is -3.00. The molecule has 0 saturated heterocycles. The van der Waals surface area contributed by atoms with Gasteiger partial charge in [-0.1, -0.05) is 15.9 Å². The number of carbonyl (C=O) groups excluding carboxylic acids is 1. The fraction of sp³-hybridized carbons (Fsp3) is 0.0667. The van der Waals surface area contributed by atoms with Crippen LogP contribution in [0.4, 0.5) is 19.0 Å². The van der Waals surface area contributed by atoms with Crippen LogP contribution in [0.25, 0.3) is 10.9 Å². The maximum Gasteiger partial charge on any atom is 0.387 e. The third-order valence-corrected chi connectivity index (χ3v) is 3.61. The van der Waals surface area contributed by atoms with Gasteiger partial charge in [0.2, 0.25) is 0 Å². The SMILES string of the molecule is O=C(Nc1n[nH]c2c(OC(F)F)cc(Br)cc12)c1ccc(F)cc1. The van der Waals surface area contributed by atoms with Crippen LogP contribution < -0.4 is 10.1 Å². The highest BCUT2D eigenvalue weighted by Crippen LogP contribution is 2.33. The molecule has 0 aliphatic heterocycles. The van der Waals surface area contributed by atoms with Gasteiger partial charge >= 0.3 is 6.61 Å². The van der Waals surface area contributed by atoms with E-state index in [-0.39, 0.29) is 22.6 Å². The number of nitrogens with one attached hydrogen (secondary N) is 2. The number of hydrogen-bond acceptors (Lipinski definition) is 3. The van der Waals surface area contributed by atoms with Crippen molar-refractivity contribution >= 4 is 38.6 Å². The summed E-state index contributed by atoms with van der Waals surface area (Å²) in [4.78, 5) is 12.2. The lowest BCUT2D eigenvalue weighted by atomic mass is 10.2. The number of aromatic nitrogens is 2. The Kier molecular flexibility index (Phi) is 4.43. The Morgan fingerprint density at radius 3 is 2.62 bits per heavy atom. The summed E-state index contributed by atoms with van der Waals surface area (Å²) in [6, 6.07) is 7.91. The summed E-state index contributed by atoms with van der Waals surface area (Å²) in [6.45, 7) is -3.00. The van der Waals surface area contributed by atoms with Crippen LogP contribution in [0.3, 0.4) is 0 Å². The summed E-state index contributed by atoms with van der Waals surface area (Å²) >= 11 is 3.19. The minimum absolute atomic E-state index is 0.107. The number of H-pyrrole nitrogens is 1. The lowest BCUT2D eigenvalue weighted by molar-refractivity contribution is -0.0489. The molecule has 3 rings (SSSR count). The second-order valence-corrected chi connectivity index (χ2v) is 5.65. The van der Waals surface area contributed by atoms with Gasteiger partial charge in [0.25, 0.3) is 5.91 Å². The number of aromatic amines is 1. The standard InChI is InChI=1S/C15H9BrF3N3O2/c16-8-5-10-12(11(6-8)24-15(18)19)21-22-13(10)20-14(23)7-1-3-9(17)4-2-7/h1-6,15H,(H2,20,21,22,23). The molecule has 1 aromatic heterocycles. The first-order valence-corrected chi connectivity index (χ1v) is 7.42. The van der Waals surface area contributed by atoms with E-state index < -0.39 is 18.3 Å². The van der Waals surface area contributed by atoms with Gasteiger partial charge in [0, 0.05) is 15.4 Å². The van der Waals surface area contributed by atoms with Crippen molar-refractivity contribution in [2.75, 3.05) is 5.32 Å². The average molecular weight is 400 g/mol. The molecule has 0 atom stereocenters. The molecule has 0 saturated carbocycles. The summed E-state index contributed by atoms with van der Waals surface area (Å²) in [5.41, 5.74) is 0.444. The molecule has 9 heteroatoms. The highest BCUT2D eigenvalue weighted by atomic mass is 79.9. The zero-order valence-electron chi connectivity index (χ0n) is 11.8. The first-order valence-electron chi connectivity index (χ1n) is 6.63. The molecule has 0 bridgehead atoms. The maximum atomic E-state index is 12.9. The summed E-state index contributed by atoms with van der Waals surface area (Å²) in [5.74, 6) is -0.946. The highest BCUT2D eigenvalue weighted by Gasteiger charge is 2.17. The van der Waals surface area contributed by atoms with Crippen molar-refractivity contribution in [1.82, 2.24) is 10.2 Å². The molecule has 1 amide bonds. The molecule has 3 aromatic rings. The summed E-state index contributed by atoms with van der Waals surface area (Å²) in [7, 11) is 0. The number of hydrogen-bond donors (Lipinski definition) is 2. The van der Waals surface area contributed by atoms with Gasteiger partial charge in [-0.3, -0.25) is 9.89 Å². The van der Waals surface area contributed by atoms with Crippen molar-refractivity contribution in [2.45, 2.75) is 6.61 Å². The van der Waals surface area contributed by atoms with Crippen LogP contribution >= 0.6 is 15.9 Å². The van der Waals surface area contributed by atoms with E-state index in [1.54, 1.807) is 6.07 Å². The number of ether oxygens (including phenoxy) is 1. The number of benzene rings is 2. The Morgan fingerprint density at radius 1 is 1.25 bits per heavy atom. The molecule has 1 heterocycles. The Hall–Kier alpha value is -2.55. The molecule has 0 aliphatic carbocycles. The van der Waals surface area contributed by atoms with Gasteiger partial charge in [0.15, 0.2) is 11.6 Å². The van der Waals surface area contributed by atoms with Crippen molar-refractivity contribution in [3.05, 3.63) is 52.3 Å². The van der Waals surface area contributed by atoms with Gasteiger partial charge in [0.1, 0.15) is 11.3 Å². The second kappa shape index (κ2) is 6.52. The van der Waals surface area contributed by atoms with Crippen LogP contribution in [0, 0.1) is 5.82 Å². The highest BCUT2D eigenvalue weighted by molar-refractivity contribution is 9.10. The third kappa shape index (κ3) is 3.35. The maximum absolute atomic E-state index is 12.9. The van der Waals surface area contributed by atoms with E-state index in [1.807, 2.05) is 0 Å². The van der Waals surface area contributed by atoms with Gasteiger partial charge in [-0.05, 0) is 36.4 Å². The Bertz CT molecular complexity index is 897. The molecular formula is C15H9BrF3N3O2. The van der Waals surface area contributed by atoms with Crippen molar-refractivity contribution in [1.29, 1.82) is 0 Å². The van der Waals surface area contributed by atoms with E-state index in [0.29, 0.717) is 9.86 Å². The first kappa shape index (κ1) is 16.3. The first-order chi connectivity index (χ1) is 11.4. The van der Waals surface area contributed by atoms with Gasteiger partial charge < -0.3 is 10.1 Å². The van der Waals surface area contributed by atoms with E-state index in [4.69, 9.17) is 0 Å². The zero-order valence-corrected chi connectivity index (χ0v) is 13.4. The fourth-order valence-corrected chi connectivity index (χ4v) is 2.56. The van der Waals surface area contributed by atoms with E-state index >= 15 is 0 Å². The van der Waals surface area contributed by atoms with Crippen molar-refractivity contribution in [3.8, 4) is 5.75 Å². The molecule has 0 aliphatic rings. The lowest BCUT2D eigenvalue weighted by Crippen LogP contribution is -2.12. The third-order valence-electron chi connectivity index (χ3n) is 3.16. The van der Waals surface area contributed by atoms with Crippen molar-refractivity contribution in [2.24, 2.45) is 0 Å². The van der Waals surface area contributed by atoms with E-state index in [2.05, 4.69) is 36.2 Å². The van der Waals surface area contributed by atoms with Crippen molar-refractivity contribution in [3.63, 3.8) is 0 Å². The Morgan fingerprint density at radius 2 is 1.96 bits per heavy atom. The quantitative estimate of drug-likeness (QED) is 0.686. The van der Waals surface area contributed by atoms with Crippen molar-refractivity contribution < 1.29 is 22.7 Å². The molecule has 5 nitrogen and oxygen atoms in total. The Labute approximate surface area is 141 Å². The fourth-order valence-electron chi connectivity index (χ4n) is 2.12. The minimum Gasteiger partial charge on any atom is -0.432 e. The normalized spacial score (nSPS) is 11.0. The number of carbonyl (C=O) groups is 1. The number of fused-ring (bicyclic) bond motifs is 1. The smallest absolute Gasteiger partial charge is 0.387 e. The zero-order chi connectivity index (χ0) is 17.3. The van der Waals surface area contributed by atoms with Crippen LogP contribution in [-0.4, -0.2) is 22.7 Å². The lowest BCUT2D eigenvalue weighted by Gasteiger charge is -2.07. The summed E-state index contributed by atoms with van der Waals surface area (Å²) < 4.78 is 42.8. The molecule has 2 N–H and O–H groups in total.